The van der Waals surface area contributed by atoms with Crippen molar-refractivity contribution in [1.82, 2.24) is 0 Å². The van der Waals surface area contributed by atoms with Crippen molar-refractivity contribution in [2.24, 2.45) is 5.73 Å². The molecule has 0 aromatic rings. The molecule has 0 fully saturated rings. The van der Waals surface area contributed by atoms with Gasteiger partial charge in [0.15, 0.2) is 0 Å². The Balaban J connectivity index is 2.45. The van der Waals surface area contributed by atoms with E-state index in [-0.39, 0.29) is 0 Å². The van der Waals surface area contributed by atoms with Crippen molar-refractivity contribution in [2.75, 3.05) is 12.7 Å². The number of hydrogen-bond donors (Lipinski definition) is 1. The zero-order chi connectivity index (χ0) is 5.54. The van der Waals surface area contributed by atoms with Gasteiger partial charge in [0, 0.05) is 0 Å². The van der Waals surface area contributed by atoms with Crippen LogP contribution < -0.4 is 5.73 Å². The molecule has 3 heteroatoms. The summed E-state index contributed by atoms with van der Waals surface area (Å²) in [6, 6.07) is 0. The lowest BCUT2D eigenvalue weighted by atomic mass is 10.3. The normalized spacial score (nSPS) is 11.1. The highest BCUT2D eigenvalue weighted by molar-refractivity contribution is 8.02. The SMILES string of the molecule is NCCCCPP. The van der Waals surface area contributed by atoms with Gasteiger partial charge in [-0.2, -0.15) is 0 Å². The van der Waals surface area contributed by atoms with Crippen molar-refractivity contribution in [3.63, 3.8) is 0 Å². The first-order chi connectivity index (χ1) is 3.41. The lowest BCUT2D eigenvalue weighted by Crippen LogP contribution is -1.97. The third kappa shape index (κ3) is 6.82. The Morgan fingerprint density at radius 2 is 2.14 bits per heavy atom. The summed E-state index contributed by atoms with van der Waals surface area (Å²) in [5.41, 5.74) is 5.27. The van der Waals surface area contributed by atoms with Crippen molar-refractivity contribution in [3.05, 3.63) is 0 Å². The second kappa shape index (κ2) is 6.82. The molecular formula is C4H13NP2. The van der Waals surface area contributed by atoms with Gasteiger partial charge in [0.1, 0.15) is 0 Å². The summed E-state index contributed by atoms with van der Waals surface area (Å²) in [7, 11) is 3.77. The van der Waals surface area contributed by atoms with Crippen molar-refractivity contribution in [1.29, 1.82) is 0 Å². The Morgan fingerprint density at radius 1 is 1.43 bits per heavy atom. The minimum absolute atomic E-state index is 0.856. The smallest absolute Gasteiger partial charge is 0.00772 e. The van der Waals surface area contributed by atoms with E-state index in [9.17, 15) is 0 Å². The number of hydrogen-bond acceptors (Lipinski definition) is 1. The summed E-state index contributed by atoms with van der Waals surface area (Å²) < 4.78 is 0. The van der Waals surface area contributed by atoms with Gasteiger partial charge in [0.25, 0.3) is 0 Å². The molecular weight excluding hydrogens is 124 g/mol. The predicted molar refractivity (Wildman–Crippen MR) is 41.2 cm³/mol. The Morgan fingerprint density at radius 3 is 2.57 bits per heavy atom. The van der Waals surface area contributed by atoms with Gasteiger partial charge in [-0.25, -0.2) is 0 Å². The Hall–Kier alpha value is 0.820. The lowest BCUT2D eigenvalue weighted by molar-refractivity contribution is 0.814. The van der Waals surface area contributed by atoms with E-state index in [1.807, 2.05) is 0 Å². The predicted octanol–water partition coefficient (Wildman–Crippen LogP) is 1.19. The van der Waals surface area contributed by atoms with E-state index >= 15 is 0 Å². The second-order valence-corrected chi connectivity index (χ2v) is 3.58. The van der Waals surface area contributed by atoms with Crippen molar-refractivity contribution in [2.45, 2.75) is 12.8 Å². The molecule has 2 N–H and O–H groups in total. The fraction of sp³-hybridized carbons (Fsp3) is 1.00. The molecule has 44 valence electrons. The molecule has 0 saturated carbocycles. The van der Waals surface area contributed by atoms with Crippen LogP contribution in [0.5, 0.6) is 0 Å². The van der Waals surface area contributed by atoms with Crippen LogP contribution in [0.25, 0.3) is 0 Å². The van der Waals surface area contributed by atoms with Crippen LogP contribution in [0.3, 0.4) is 0 Å². The molecule has 0 heterocycles. The van der Waals surface area contributed by atoms with Crippen LogP contribution in [0.2, 0.25) is 0 Å². The monoisotopic (exact) mass is 137 g/mol. The van der Waals surface area contributed by atoms with E-state index in [0.29, 0.717) is 0 Å². The van der Waals surface area contributed by atoms with Crippen LogP contribution in [0.4, 0.5) is 0 Å². The molecule has 0 aromatic heterocycles. The van der Waals surface area contributed by atoms with E-state index in [2.05, 4.69) is 8.93 Å². The number of unbranched alkanes of at least 4 members (excludes halogenated alkanes) is 1. The molecule has 1 nitrogen and oxygen atoms in total. The van der Waals surface area contributed by atoms with E-state index in [0.717, 1.165) is 14.8 Å². The quantitative estimate of drug-likeness (QED) is 0.457. The van der Waals surface area contributed by atoms with Gasteiger partial charge in [-0.1, -0.05) is 0 Å². The van der Waals surface area contributed by atoms with Crippen molar-refractivity contribution in [3.8, 4) is 0 Å². The van der Waals surface area contributed by atoms with E-state index in [4.69, 9.17) is 5.73 Å². The largest absolute Gasteiger partial charge is 0.330 e. The maximum atomic E-state index is 5.27. The highest BCUT2D eigenvalue weighted by atomic mass is 32.0. The fourth-order valence-corrected chi connectivity index (χ4v) is 1.44. The summed E-state index contributed by atoms with van der Waals surface area (Å²) in [4.78, 5) is 0. The standard InChI is InChI=1S/C4H13NP2/c5-3-1-2-4-7-6/h7H,1-6H2. The molecule has 0 radical (unpaired) electrons. The Kier molecular flexibility index (Phi) is 7.62. The second-order valence-electron chi connectivity index (χ2n) is 1.45. The van der Waals surface area contributed by atoms with Crippen LogP contribution in [0.15, 0.2) is 0 Å². The summed E-state index contributed by atoms with van der Waals surface area (Å²) in [6.07, 6.45) is 3.84. The minimum Gasteiger partial charge on any atom is -0.330 e. The first-order valence-corrected chi connectivity index (χ1v) is 5.57. The molecule has 2 atom stereocenters. The summed E-state index contributed by atoms with van der Waals surface area (Å²) in [6.45, 7) is 0.856. The highest BCUT2D eigenvalue weighted by Gasteiger charge is 1.80. The molecule has 0 rings (SSSR count). The third-order valence-electron chi connectivity index (χ3n) is 0.775. The lowest BCUT2D eigenvalue weighted by Gasteiger charge is -1.91. The molecule has 0 saturated heterocycles. The van der Waals surface area contributed by atoms with Gasteiger partial charge in [-0.05, 0) is 25.5 Å². The molecule has 0 spiro atoms. The third-order valence-corrected chi connectivity index (χ3v) is 2.28. The van der Waals surface area contributed by atoms with Crippen molar-refractivity contribution < 1.29 is 0 Å². The summed E-state index contributed by atoms with van der Waals surface area (Å²) >= 11 is 0. The van der Waals surface area contributed by atoms with E-state index in [1.165, 1.54) is 19.0 Å². The summed E-state index contributed by atoms with van der Waals surface area (Å²) in [5, 5.41) is 0. The average molecular weight is 137 g/mol. The van der Waals surface area contributed by atoms with Gasteiger partial charge in [0.2, 0.25) is 0 Å². The topological polar surface area (TPSA) is 26.0 Å². The Bertz CT molecular complexity index is 28.9. The molecule has 0 aliphatic rings. The van der Waals surface area contributed by atoms with Gasteiger partial charge in [-0.15, -0.1) is 17.2 Å². The van der Waals surface area contributed by atoms with Crippen LogP contribution in [-0.4, -0.2) is 12.7 Å². The zero-order valence-electron chi connectivity index (χ0n) is 4.48. The van der Waals surface area contributed by atoms with E-state index in [1.54, 1.807) is 0 Å². The maximum Gasteiger partial charge on any atom is -0.00772 e. The van der Waals surface area contributed by atoms with Gasteiger partial charge in [0.05, 0.1) is 0 Å². The van der Waals surface area contributed by atoms with Gasteiger partial charge >= 0.3 is 0 Å². The van der Waals surface area contributed by atoms with Crippen LogP contribution in [0, 0.1) is 0 Å². The number of nitrogens with two attached hydrogens (primary N) is 1. The van der Waals surface area contributed by atoms with Crippen LogP contribution in [0.1, 0.15) is 12.8 Å². The molecule has 7 heavy (non-hydrogen) atoms. The zero-order valence-corrected chi connectivity index (χ0v) is 6.64. The first kappa shape index (κ1) is 7.82. The van der Waals surface area contributed by atoms with E-state index < -0.39 is 0 Å². The van der Waals surface area contributed by atoms with Gasteiger partial charge < -0.3 is 5.73 Å². The minimum atomic E-state index is 0.856. The van der Waals surface area contributed by atoms with Crippen molar-refractivity contribution >= 4 is 17.2 Å². The molecule has 0 aliphatic heterocycles. The molecule has 0 aliphatic carbocycles. The van der Waals surface area contributed by atoms with Crippen LogP contribution in [-0.2, 0) is 0 Å². The molecule has 0 amide bonds. The average Bonchev–Trinajstić information content (AvgIpc) is 1.69. The molecule has 2 unspecified atom stereocenters. The van der Waals surface area contributed by atoms with Gasteiger partial charge in [-0.3, -0.25) is 0 Å². The number of rotatable bonds is 4. The highest BCUT2D eigenvalue weighted by Crippen LogP contribution is 2.20. The fourth-order valence-electron chi connectivity index (χ4n) is 0.371. The summed E-state index contributed by atoms with van der Waals surface area (Å²) in [5.74, 6) is 0. The molecule has 0 bridgehead atoms. The Labute approximate surface area is 49.3 Å². The first-order valence-electron chi connectivity index (χ1n) is 2.55. The molecule has 0 aromatic carbocycles. The maximum absolute atomic E-state index is 5.27. The van der Waals surface area contributed by atoms with Crippen LogP contribution >= 0.6 is 17.2 Å².